The molecule has 0 saturated carbocycles. The molecule has 2 atom stereocenters. The first-order chi connectivity index (χ1) is 9.54. The summed E-state index contributed by atoms with van der Waals surface area (Å²) in [7, 11) is 0. The fourth-order valence-electron chi connectivity index (χ4n) is 2.12. The molecule has 0 saturated heterocycles. The standard InChI is InChI=1S/C14H16Cl3N3/c1-3-11(14-18-6-7-19-14)20-8(2)9-4-5-10(15)13(17)12(9)16/h4-8,11,20H,3H2,1-2H3,(H,18,19). The molecule has 2 N–H and O–H groups in total. The minimum Gasteiger partial charge on any atom is -0.347 e. The van der Waals surface area contributed by atoms with Crippen molar-refractivity contribution in [3.8, 4) is 0 Å². The lowest BCUT2D eigenvalue weighted by Crippen LogP contribution is -2.25. The maximum Gasteiger partial charge on any atom is 0.123 e. The number of nitrogens with one attached hydrogen (secondary N) is 2. The largest absolute Gasteiger partial charge is 0.347 e. The lowest BCUT2D eigenvalue weighted by molar-refractivity contribution is 0.441. The zero-order valence-electron chi connectivity index (χ0n) is 11.3. The van der Waals surface area contributed by atoms with Crippen LogP contribution >= 0.6 is 34.8 Å². The SMILES string of the molecule is CCC(NC(C)c1ccc(Cl)c(Cl)c1Cl)c1ncc[nH]1. The van der Waals surface area contributed by atoms with Gasteiger partial charge in [-0.3, -0.25) is 0 Å². The third-order valence-electron chi connectivity index (χ3n) is 3.24. The molecular formula is C14H16Cl3N3. The van der Waals surface area contributed by atoms with Crippen LogP contribution in [0.5, 0.6) is 0 Å². The van der Waals surface area contributed by atoms with E-state index in [4.69, 9.17) is 34.8 Å². The maximum atomic E-state index is 6.27. The number of nitrogens with zero attached hydrogens (tertiary/aromatic N) is 1. The van der Waals surface area contributed by atoms with Crippen molar-refractivity contribution in [1.82, 2.24) is 15.3 Å². The van der Waals surface area contributed by atoms with Crippen molar-refractivity contribution in [3.63, 3.8) is 0 Å². The first-order valence-corrected chi connectivity index (χ1v) is 7.56. The van der Waals surface area contributed by atoms with Crippen molar-refractivity contribution in [2.24, 2.45) is 0 Å². The third kappa shape index (κ3) is 3.29. The Balaban J connectivity index is 2.19. The molecule has 1 aromatic carbocycles. The van der Waals surface area contributed by atoms with Crippen molar-refractivity contribution >= 4 is 34.8 Å². The minimum absolute atomic E-state index is 0.0346. The lowest BCUT2D eigenvalue weighted by atomic mass is 10.1. The Morgan fingerprint density at radius 1 is 1.25 bits per heavy atom. The van der Waals surface area contributed by atoms with Crippen LogP contribution in [-0.4, -0.2) is 9.97 Å². The molecule has 0 aliphatic rings. The first-order valence-electron chi connectivity index (χ1n) is 6.43. The monoisotopic (exact) mass is 331 g/mol. The van der Waals surface area contributed by atoms with Crippen LogP contribution in [0.25, 0.3) is 0 Å². The number of halogens is 3. The van der Waals surface area contributed by atoms with Gasteiger partial charge in [-0.2, -0.15) is 0 Å². The molecule has 0 aliphatic heterocycles. The van der Waals surface area contributed by atoms with Crippen LogP contribution in [0.3, 0.4) is 0 Å². The molecule has 1 heterocycles. The van der Waals surface area contributed by atoms with Crippen LogP contribution < -0.4 is 5.32 Å². The van der Waals surface area contributed by atoms with Gasteiger partial charge in [0, 0.05) is 18.4 Å². The van der Waals surface area contributed by atoms with Crippen LogP contribution in [0.4, 0.5) is 0 Å². The maximum absolute atomic E-state index is 6.27. The predicted octanol–water partition coefficient (Wildman–Crippen LogP) is 5.17. The van der Waals surface area contributed by atoms with Crippen molar-refractivity contribution < 1.29 is 0 Å². The molecule has 2 rings (SSSR count). The quantitative estimate of drug-likeness (QED) is 0.741. The summed E-state index contributed by atoms with van der Waals surface area (Å²) in [4.78, 5) is 7.42. The predicted molar refractivity (Wildman–Crippen MR) is 84.6 cm³/mol. The Morgan fingerprint density at radius 2 is 2.00 bits per heavy atom. The van der Waals surface area contributed by atoms with Gasteiger partial charge in [0.25, 0.3) is 0 Å². The van der Waals surface area contributed by atoms with E-state index >= 15 is 0 Å². The molecule has 2 aromatic rings. The summed E-state index contributed by atoms with van der Waals surface area (Å²) >= 11 is 18.3. The highest BCUT2D eigenvalue weighted by Gasteiger charge is 2.19. The molecule has 6 heteroatoms. The van der Waals surface area contributed by atoms with Gasteiger partial charge in [-0.1, -0.05) is 47.8 Å². The number of imidazole rings is 1. The summed E-state index contributed by atoms with van der Waals surface area (Å²) in [5, 5.41) is 4.84. The Morgan fingerprint density at radius 3 is 2.60 bits per heavy atom. The van der Waals surface area contributed by atoms with E-state index in [1.807, 2.05) is 19.2 Å². The Labute approximate surface area is 133 Å². The number of hydrogen-bond acceptors (Lipinski definition) is 2. The fraction of sp³-hybridized carbons (Fsp3) is 0.357. The first kappa shape index (κ1) is 15.6. The molecule has 20 heavy (non-hydrogen) atoms. The van der Waals surface area contributed by atoms with Gasteiger partial charge in [-0.25, -0.2) is 4.98 Å². The molecule has 0 aliphatic carbocycles. The van der Waals surface area contributed by atoms with E-state index in [0.717, 1.165) is 17.8 Å². The van der Waals surface area contributed by atoms with Gasteiger partial charge in [-0.05, 0) is 25.0 Å². The van der Waals surface area contributed by atoms with Gasteiger partial charge < -0.3 is 10.3 Å². The lowest BCUT2D eigenvalue weighted by Gasteiger charge is -2.22. The summed E-state index contributed by atoms with van der Waals surface area (Å²) in [6.45, 7) is 4.14. The number of benzene rings is 1. The Bertz CT molecular complexity index is 569. The van der Waals surface area contributed by atoms with Crippen molar-refractivity contribution in [3.05, 3.63) is 51.0 Å². The van der Waals surface area contributed by atoms with Gasteiger partial charge in [0.1, 0.15) is 5.82 Å². The number of hydrogen-bond donors (Lipinski definition) is 2. The number of rotatable bonds is 5. The highest BCUT2D eigenvalue weighted by molar-refractivity contribution is 6.48. The molecule has 0 bridgehead atoms. The van der Waals surface area contributed by atoms with Gasteiger partial charge in [0.05, 0.1) is 21.1 Å². The third-order valence-corrected chi connectivity index (χ3v) is 4.55. The summed E-state index contributed by atoms with van der Waals surface area (Å²) in [6, 6.07) is 3.82. The minimum atomic E-state index is 0.0346. The second-order valence-electron chi connectivity index (χ2n) is 4.59. The Hall–Kier alpha value is -0.740. The molecule has 108 valence electrons. The number of aromatic amines is 1. The van der Waals surface area contributed by atoms with E-state index in [9.17, 15) is 0 Å². The highest BCUT2D eigenvalue weighted by Crippen LogP contribution is 2.36. The van der Waals surface area contributed by atoms with Gasteiger partial charge in [0.2, 0.25) is 0 Å². The molecule has 3 nitrogen and oxygen atoms in total. The van der Waals surface area contributed by atoms with E-state index in [2.05, 4.69) is 22.2 Å². The average molecular weight is 333 g/mol. The van der Waals surface area contributed by atoms with E-state index in [1.165, 1.54) is 0 Å². The molecular weight excluding hydrogens is 317 g/mol. The highest BCUT2D eigenvalue weighted by atomic mass is 35.5. The topological polar surface area (TPSA) is 40.7 Å². The molecule has 0 spiro atoms. The molecule has 0 radical (unpaired) electrons. The zero-order valence-corrected chi connectivity index (χ0v) is 13.5. The molecule has 0 fully saturated rings. The molecule has 1 aromatic heterocycles. The van der Waals surface area contributed by atoms with Crippen LogP contribution in [0.15, 0.2) is 24.5 Å². The summed E-state index contributed by atoms with van der Waals surface area (Å²) in [6.07, 6.45) is 4.48. The van der Waals surface area contributed by atoms with E-state index in [-0.39, 0.29) is 12.1 Å². The number of aromatic nitrogens is 2. The summed E-state index contributed by atoms with van der Waals surface area (Å²) < 4.78 is 0. The zero-order chi connectivity index (χ0) is 14.7. The second-order valence-corrected chi connectivity index (χ2v) is 5.75. The van der Waals surface area contributed by atoms with Gasteiger partial charge in [-0.15, -0.1) is 0 Å². The van der Waals surface area contributed by atoms with E-state index in [0.29, 0.717) is 15.1 Å². The van der Waals surface area contributed by atoms with Crippen LogP contribution in [0, 0.1) is 0 Å². The van der Waals surface area contributed by atoms with E-state index < -0.39 is 0 Å². The average Bonchev–Trinajstić information content (AvgIpc) is 2.96. The van der Waals surface area contributed by atoms with Crippen molar-refractivity contribution in [2.45, 2.75) is 32.4 Å². The Kier molecular flexibility index (Phi) is 5.33. The summed E-state index contributed by atoms with van der Waals surface area (Å²) in [5.41, 5.74) is 0.922. The van der Waals surface area contributed by atoms with Crippen LogP contribution in [0.2, 0.25) is 15.1 Å². The van der Waals surface area contributed by atoms with Crippen molar-refractivity contribution in [1.29, 1.82) is 0 Å². The second kappa shape index (κ2) is 6.81. The van der Waals surface area contributed by atoms with E-state index in [1.54, 1.807) is 12.3 Å². The van der Waals surface area contributed by atoms with Crippen molar-refractivity contribution in [2.75, 3.05) is 0 Å². The fourth-order valence-corrected chi connectivity index (χ4v) is 2.83. The number of H-pyrrole nitrogens is 1. The molecule has 2 unspecified atom stereocenters. The molecule has 0 amide bonds. The normalized spacial score (nSPS) is 14.2. The van der Waals surface area contributed by atoms with Crippen LogP contribution in [-0.2, 0) is 0 Å². The van der Waals surface area contributed by atoms with Gasteiger partial charge >= 0.3 is 0 Å². The van der Waals surface area contributed by atoms with Crippen LogP contribution in [0.1, 0.15) is 43.7 Å². The summed E-state index contributed by atoms with van der Waals surface area (Å²) in [5.74, 6) is 0.913. The smallest absolute Gasteiger partial charge is 0.123 e. The van der Waals surface area contributed by atoms with Gasteiger partial charge in [0.15, 0.2) is 0 Å².